The van der Waals surface area contributed by atoms with Gasteiger partial charge in [0, 0.05) is 31.4 Å². The lowest BCUT2D eigenvalue weighted by Crippen LogP contribution is -2.17. The van der Waals surface area contributed by atoms with Crippen molar-refractivity contribution >= 4 is 11.6 Å². The number of hydrogen-bond acceptors (Lipinski definition) is 2. The minimum atomic E-state index is -0.441. The predicted octanol–water partition coefficient (Wildman–Crippen LogP) is 2.94. The molecule has 0 saturated carbocycles. The van der Waals surface area contributed by atoms with Crippen LogP contribution in [0.3, 0.4) is 0 Å². The third-order valence-electron chi connectivity index (χ3n) is 2.93. The van der Waals surface area contributed by atoms with Crippen LogP contribution < -0.4 is 5.73 Å². The molecule has 5 heteroatoms. The highest BCUT2D eigenvalue weighted by Gasteiger charge is 2.15. The number of nitrogens with two attached hydrogens (primary N) is 1. The summed E-state index contributed by atoms with van der Waals surface area (Å²) < 4.78 is 15.4. The van der Waals surface area contributed by atoms with Crippen LogP contribution in [-0.2, 0) is 13.0 Å². The van der Waals surface area contributed by atoms with E-state index in [9.17, 15) is 4.39 Å². The molecule has 3 nitrogen and oxygen atoms in total. The molecule has 0 fully saturated rings. The van der Waals surface area contributed by atoms with Gasteiger partial charge in [-0.05, 0) is 18.6 Å². The van der Waals surface area contributed by atoms with Crippen molar-refractivity contribution in [3.63, 3.8) is 0 Å². The van der Waals surface area contributed by atoms with E-state index in [1.165, 1.54) is 6.07 Å². The van der Waals surface area contributed by atoms with Crippen LogP contribution in [0.1, 0.15) is 24.4 Å². The second-order valence-electron chi connectivity index (χ2n) is 4.08. The number of hydrogen-bond donors (Lipinski definition) is 1. The summed E-state index contributed by atoms with van der Waals surface area (Å²) in [6, 6.07) is 4.32. The van der Waals surface area contributed by atoms with E-state index < -0.39 is 5.82 Å². The van der Waals surface area contributed by atoms with Gasteiger partial charge in [0.15, 0.2) is 0 Å². The topological polar surface area (TPSA) is 43.8 Å². The molecule has 0 amide bonds. The van der Waals surface area contributed by atoms with Crippen molar-refractivity contribution < 1.29 is 4.39 Å². The van der Waals surface area contributed by atoms with E-state index in [-0.39, 0.29) is 11.1 Å². The Morgan fingerprint density at radius 1 is 1.50 bits per heavy atom. The highest BCUT2D eigenvalue weighted by atomic mass is 35.5. The summed E-state index contributed by atoms with van der Waals surface area (Å²) in [4.78, 5) is 4.25. The molecule has 0 aliphatic carbocycles. The van der Waals surface area contributed by atoms with E-state index >= 15 is 0 Å². The summed E-state index contributed by atoms with van der Waals surface area (Å²) in [6.45, 7) is 2.87. The third kappa shape index (κ3) is 2.54. The Kier molecular flexibility index (Phi) is 3.99. The third-order valence-corrected chi connectivity index (χ3v) is 3.32. The average Bonchev–Trinajstić information content (AvgIpc) is 2.79. The molecule has 0 aliphatic rings. The van der Waals surface area contributed by atoms with Crippen molar-refractivity contribution in [3.8, 4) is 0 Å². The Morgan fingerprint density at radius 2 is 2.28 bits per heavy atom. The zero-order chi connectivity index (χ0) is 13.1. The SMILES string of the molecule is CCn1ccnc1CC(N)c1cccc(F)c1Cl. The Morgan fingerprint density at radius 3 is 3.00 bits per heavy atom. The van der Waals surface area contributed by atoms with Crippen molar-refractivity contribution in [2.45, 2.75) is 25.9 Å². The molecule has 2 aromatic rings. The molecule has 1 aromatic carbocycles. The first-order valence-corrected chi connectivity index (χ1v) is 6.20. The second-order valence-corrected chi connectivity index (χ2v) is 4.46. The first-order valence-electron chi connectivity index (χ1n) is 5.83. The first kappa shape index (κ1) is 13.1. The second kappa shape index (κ2) is 5.50. The molecule has 1 atom stereocenters. The predicted molar refractivity (Wildman–Crippen MR) is 69.9 cm³/mol. The smallest absolute Gasteiger partial charge is 0.142 e. The van der Waals surface area contributed by atoms with Gasteiger partial charge in [-0.15, -0.1) is 0 Å². The van der Waals surface area contributed by atoms with Gasteiger partial charge in [0.2, 0.25) is 0 Å². The van der Waals surface area contributed by atoms with Crippen LogP contribution in [0.5, 0.6) is 0 Å². The normalized spacial score (nSPS) is 12.7. The van der Waals surface area contributed by atoms with Gasteiger partial charge in [0.05, 0.1) is 5.02 Å². The molecule has 96 valence electrons. The van der Waals surface area contributed by atoms with Gasteiger partial charge >= 0.3 is 0 Å². The minimum Gasteiger partial charge on any atom is -0.335 e. The number of imidazole rings is 1. The van der Waals surface area contributed by atoms with E-state index in [0.29, 0.717) is 12.0 Å². The Bertz CT molecular complexity index is 539. The molecule has 0 spiro atoms. The van der Waals surface area contributed by atoms with E-state index in [1.807, 2.05) is 17.7 Å². The Hall–Kier alpha value is -1.39. The standard InChI is InChI=1S/C13H15ClFN3/c1-2-18-7-6-17-12(18)8-11(16)9-4-3-5-10(15)13(9)14/h3-7,11H,2,8,16H2,1H3. The van der Waals surface area contributed by atoms with Crippen LogP contribution >= 0.6 is 11.6 Å². The summed E-state index contributed by atoms with van der Waals surface area (Å²) in [5.74, 6) is 0.439. The van der Waals surface area contributed by atoms with Crippen LogP contribution in [0.15, 0.2) is 30.6 Å². The lowest BCUT2D eigenvalue weighted by atomic mass is 10.0. The van der Waals surface area contributed by atoms with Crippen molar-refractivity contribution in [1.82, 2.24) is 9.55 Å². The van der Waals surface area contributed by atoms with E-state index in [0.717, 1.165) is 12.4 Å². The monoisotopic (exact) mass is 267 g/mol. The van der Waals surface area contributed by atoms with Gasteiger partial charge in [-0.3, -0.25) is 0 Å². The molecule has 1 aromatic heterocycles. The summed E-state index contributed by atoms with van der Waals surface area (Å²) in [5, 5.41) is 0.0969. The average molecular weight is 268 g/mol. The summed E-state index contributed by atoms with van der Waals surface area (Å²) in [7, 11) is 0. The highest BCUT2D eigenvalue weighted by molar-refractivity contribution is 6.31. The van der Waals surface area contributed by atoms with Gasteiger partial charge < -0.3 is 10.3 Å². The highest BCUT2D eigenvalue weighted by Crippen LogP contribution is 2.26. The number of aromatic nitrogens is 2. The fraction of sp³-hybridized carbons (Fsp3) is 0.308. The molecule has 18 heavy (non-hydrogen) atoms. The maximum Gasteiger partial charge on any atom is 0.142 e. The molecular formula is C13H15ClFN3. The number of halogens is 2. The van der Waals surface area contributed by atoms with Gasteiger partial charge in [-0.1, -0.05) is 23.7 Å². The molecule has 2 N–H and O–H groups in total. The number of rotatable bonds is 4. The van der Waals surface area contributed by atoms with E-state index in [1.54, 1.807) is 18.3 Å². The summed E-state index contributed by atoms with van der Waals surface area (Å²) in [5.41, 5.74) is 6.69. The maximum absolute atomic E-state index is 13.4. The van der Waals surface area contributed by atoms with Crippen molar-refractivity contribution in [2.75, 3.05) is 0 Å². The van der Waals surface area contributed by atoms with Crippen LogP contribution in [-0.4, -0.2) is 9.55 Å². The maximum atomic E-state index is 13.4. The largest absolute Gasteiger partial charge is 0.335 e. The van der Waals surface area contributed by atoms with Gasteiger partial charge in [-0.25, -0.2) is 9.37 Å². The summed E-state index contributed by atoms with van der Waals surface area (Å²) >= 11 is 5.92. The van der Waals surface area contributed by atoms with E-state index in [2.05, 4.69) is 4.98 Å². The molecule has 0 aliphatic heterocycles. The van der Waals surface area contributed by atoms with Crippen LogP contribution in [0.4, 0.5) is 4.39 Å². The molecule has 0 saturated heterocycles. The lowest BCUT2D eigenvalue weighted by molar-refractivity contribution is 0.606. The molecular weight excluding hydrogens is 253 g/mol. The first-order chi connectivity index (χ1) is 8.63. The minimum absolute atomic E-state index is 0.0969. The zero-order valence-electron chi connectivity index (χ0n) is 10.1. The number of benzene rings is 1. The van der Waals surface area contributed by atoms with E-state index in [4.69, 9.17) is 17.3 Å². The van der Waals surface area contributed by atoms with Gasteiger partial charge in [0.25, 0.3) is 0 Å². The van der Waals surface area contributed by atoms with Crippen molar-refractivity contribution in [2.24, 2.45) is 5.73 Å². The fourth-order valence-electron chi connectivity index (χ4n) is 1.93. The molecule has 2 rings (SSSR count). The molecule has 0 radical (unpaired) electrons. The zero-order valence-corrected chi connectivity index (χ0v) is 10.9. The molecule has 0 bridgehead atoms. The lowest BCUT2D eigenvalue weighted by Gasteiger charge is -2.14. The Labute approximate surface area is 110 Å². The number of nitrogens with zero attached hydrogens (tertiary/aromatic N) is 2. The van der Waals surface area contributed by atoms with Crippen LogP contribution in [0.2, 0.25) is 5.02 Å². The van der Waals surface area contributed by atoms with Gasteiger partial charge in [-0.2, -0.15) is 0 Å². The quantitative estimate of drug-likeness (QED) is 0.926. The van der Waals surface area contributed by atoms with Crippen molar-refractivity contribution in [1.29, 1.82) is 0 Å². The number of aryl methyl sites for hydroxylation is 1. The van der Waals surface area contributed by atoms with Crippen LogP contribution in [0, 0.1) is 5.82 Å². The fourth-order valence-corrected chi connectivity index (χ4v) is 2.20. The van der Waals surface area contributed by atoms with Gasteiger partial charge in [0.1, 0.15) is 11.6 Å². The Balaban J connectivity index is 2.22. The van der Waals surface area contributed by atoms with Crippen molar-refractivity contribution in [3.05, 3.63) is 52.8 Å². The van der Waals surface area contributed by atoms with Crippen LogP contribution in [0.25, 0.3) is 0 Å². The molecule has 1 unspecified atom stereocenters. The summed E-state index contributed by atoms with van der Waals surface area (Å²) in [6.07, 6.45) is 4.16. The molecule has 1 heterocycles.